The van der Waals surface area contributed by atoms with E-state index in [0.717, 1.165) is 18.1 Å². The molecule has 100 valence electrons. The van der Waals surface area contributed by atoms with Gasteiger partial charge in [-0.3, -0.25) is 0 Å². The zero-order chi connectivity index (χ0) is 13.0. The van der Waals surface area contributed by atoms with E-state index in [1.165, 1.54) is 31.2 Å². The summed E-state index contributed by atoms with van der Waals surface area (Å²) >= 11 is 0. The Labute approximate surface area is 110 Å². The lowest BCUT2D eigenvalue weighted by atomic mass is 9.93. The fourth-order valence-electron chi connectivity index (χ4n) is 3.04. The summed E-state index contributed by atoms with van der Waals surface area (Å²) in [5.41, 5.74) is 1.17. The monoisotopic (exact) mass is 248 g/mol. The van der Waals surface area contributed by atoms with Crippen LogP contribution in [0, 0.1) is 11.8 Å². The van der Waals surface area contributed by atoms with Crippen molar-refractivity contribution in [2.24, 2.45) is 11.8 Å². The van der Waals surface area contributed by atoms with Gasteiger partial charge in [0.2, 0.25) is 0 Å². The second-order valence-corrected chi connectivity index (χ2v) is 5.47. The first-order valence-corrected chi connectivity index (χ1v) is 7.04. The molecule has 1 aliphatic carbocycles. The molecule has 3 atom stereocenters. The average Bonchev–Trinajstić information content (AvgIpc) is 2.88. The molecule has 1 aliphatic rings. The highest BCUT2D eigenvalue weighted by molar-refractivity contribution is 5.28. The minimum Gasteiger partial charge on any atom is -0.497 e. The maximum atomic E-state index is 10.3. The highest BCUT2D eigenvalue weighted by Crippen LogP contribution is 2.35. The van der Waals surface area contributed by atoms with Crippen molar-refractivity contribution in [3.05, 3.63) is 29.8 Å². The number of methoxy groups -OCH3 is 1. The summed E-state index contributed by atoms with van der Waals surface area (Å²) in [6.07, 6.45) is 5.47. The smallest absolute Gasteiger partial charge is 0.119 e. The largest absolute Gasteiger partial charge is 0.497 e. The lowest BCUT2D eigenvalue weighted by Gasteiger charge is -2.18. The molecule has 0 heterocycles. The number of benzene rings is 1. The molecule has 0 aromatic heterocycles. The minimum absolute atomic E-state index is 0.200. The van der Waals surface area contributed by atoms with Crippen LogP contribution in [0.5, 0.6) is 5.75 Å². The first-order valence-electron chi connectivity index (χ1n) is 7.04. The lowest BCUT2D eigenvalue weighted by molar-refractivity contribution is 0.108. The molecule has 0 spiro atoms. The summed E-state index contributed by atoms with van der Waals surface area (Å²) in [6, 6.07) is 8.02. The van der Waals surface area contributed by atoms with E-state index in [1.807, 2.05) is 18.2 Å². The molecule has 0 saturated heterocycles. The van der Waals surface area contributed by atoms with Gasteiger partial charge in [-0.05, 0) is 48.8 Å². The number of rotatable bonds is 5. The minimum atomic E-state index is -0.200. The van der Waals surface area contributed by atoms with Gasteiger partial charge in [0.25, 0.3) is 0 Å². The quantitative estimate of drug-likeness (QED) is 0.865. The summed E-state index contributed by atoms with van der Waals surface area (Å²) in [5.74, 6) is 2.19. The first kappa shape index (κ1) is 13.4. The fourth-order valence-corrected chi connectivity index (χ4v) is 3.04. The number of aliphatic hydroxyl groups is 1. The number of hydrogen-bond donors (Lipinski definition) is 1. The van der Waals surface area contributed by atoms with E-state index >= 15 is 0 Å². The van der Waals surface area contributed by atoms with Gasteiger partial charge < -0.3 is 9.84 Å². The standard InChI is InChI=1S/C16H24O2/c1-3-12-7-8-14(9-12)16(17)11-13-5-4-6-15(10-13)18-2/h4-6,10,12,14,16-17H,3,7-9,11H2,1-2H3. The van der Waals surface area contributed by atoms with E-state index in [2.05, 4.69) is 13.0 Å². The topological polar surface area (TPSA) is 29.5 Å². The molecule has 1 aromatic carbocycles. The van der Waals surface area contributed by atoms with Crippen LogP contribution >= 0.6 is 0 Å². The second-order valence-electron chi connectivity index (χ2n) is 5.47. The lowest BCUT2D eigenvalue weighted by Crippen LogP contribution is -2.20. The Bertz CT molecular complexity index is 375. The Morgan fingerprint density at radius 2 is 2.22 bits per heavy atom. The summed E-state index contributed by atoms with van der Waals surface area (Å²) in [6.45, 7) is 2.25. The highest BCUT2D eigenvalue weighted by Gasteiger charge is 2.28. The molecule has 1 saturated carbocycles. The molecule has 0 bridgehead atoms. The van der Waals surface area contributed by atoms with Crippen molar-refractivity contribution in [3.63, 3.8) is 0 Å². The Balaban J connectivity index is 1.92. The zero-order valence-corrected chi connectivity index (χ0v) is 11.4. The summed E-state index contributed by atoms with van der Waals surface area (Å²) < 4.78 is 5.21. The molecule has 0 amide bonds. The Hall–Kier alpha value is -1.02. The van der Waals surface area contributed by atoms with Gasteiger partial charge in [-0.1, -0.05) is 31.9 Å². The molecule has 0 radical (unpaired) electrons. The fraction of sp³-hybridized carbons (Fsp3) is 0.625. The summed E-state index contributed by atoms with van der Waals surface area (Å²) in [5, 5.41) is 10.3. The van der Waals surface area contributed by atoms with E-state index in [4.69, 9.17) is 4.74 Å². The molecule has 18 heavy (non-hydrogen) atoms. The molecule has 2 nitrogen and oxygen atoms in total. The van der Waals surface area contributed by atoms with Crippen LogP contribution in [-0.4, -0.2) is 18.3 Å². The average molecular weight is 248 g/mol. The van der Waals surface area contributed by atoms with Gasteiger partial charge in [0.05, 0.1) is 13.2 Å². The Morgan fingerprint density at radius 3 is 2.89 bits per heavy atom. The van der Waals surface area contributed by atoms with Crippen LogP contribution in [0.2, 0.25) is 0 Å². The van der Waals surface area contributed by atoms with E-state index in [0.29, 0.717) is 5.92 Å². The van der Waals surface area contributed by atoms with Crippen LogP contribution in [0.15, 0.2) is 24.3 Å². The molecular formula is C16H24O2. The van der Waals surface area contributed by atoms with Crippen LogP contribution in [0.25, 0.3) is 0 Å². The van der Waals surface area contributed by atoms with Crippen LogP contribution in [0.4, 0.5) is 0 Å². The van der Waals surface area contributed by atoms with Crippen molar-refractivity contribution >= 4 is 0 Å². The van der Waals surface area contributed by atoms with Gasteiger partial charge in [-0.15, -0.1) is 0 Å². The normalized spacial score (nSPS) is 25.1. The molecule has 2 rings (SSSR count). The van der Waals surface area contributed by atoms with E-state index in [9.17, 15) is 5.11 Å². The third kappa shape index (κ3) is 3.26. The van der Waals surface area contributed by atoms with Crippen molar-refractivity contribution in [1.29, 1.82) is 0 Å². The van der Waals surface area contributed by atoms with Gasteiger partial charge >= 0.3 is 0 Å². The molecule has 3 unspecified atom stereocenters. The molecule has 1 aromatic rings. The molecular weight excluding hydrogens is 224 g/mol. The second kappa shape index (κ2) is 6.24. The molecule has 2 heteroatoms. The van der Waals surface area contributed by atoms with Crippen molar-refractivity contribution in [3.8, 4) is 5.75 Å². The first-order chi connectivity index (χ1) is 8.72. The van der Waals surface area contributed by atoms with E-state index < -0.39 is 0 Å². The predicted molar refractivity (Wildman–Crippen MR) is 73.8 cm³/mol. The Kier molecular flexibility index (Phi) is 4.65. The van der Waals surface area contributed by atoms with E-state index in [1.54, 1.807) is 7.11 Å². The van der Waals surface area contributed by atoms with Gasteiger partial charge in [0.1, 0.15) is 5.75 Å². The number of aliphatic hydroxyl groups excluding tert-OH is 1. The van der Waals surface area contributed by atoms with Gasteiger partial charge in [0, 0.05) is 0 Å². The Morgan fingerprint density at radius 1 is 1.39 bits per heavy atom. The maximum absolute atomic E-state index is 10.3. The van der Waals surface area contributed by atoms with Crippen LogP contribution in [0.3, 0.4) is 0 Å². The van der Waals surface area contributed by atoms with Crippen molar-refractivity contribution in [2.75, 3.05) is 7.11 Å². The molecule has 1 N–H and O–H groups in total. The number of hydrogen-bond acceptors (Lipinski definition) is 2. The van der Waals surface area contributed by atoms with Gasteiger partial charge in [-0.2, -0.15) is 0 Å². The van der Waals surface area contributed by atoms with Crippen LogP contribution in [0.1, 0.15) is 38.2 Å². The van der Waals surface area contributed by atoms with Gasteiger partial charge in [-0.25, -0.2) is 0 Å². The highest BCUT2D eigenvalue weighted by atomic mass is 16.5. The summed E-state index contributed by atoms with van der Waals surface area (Å²) in [4.78, 5) is 0. The van der Waals surface area contributed by atoms with Crippen LogP contribution < -0.4 is 4.74 Å². The predicted octanol–water partition coefficient (Wildman–Crippen LogP) is 3.42. The van der Waals surface area contributed by atoms with Crippen molar-refractivity contribution in [1.82, 2.24) is 0 Å². The van der Waals surface area contributed by atoms with Crippen molar-refractivity contribution in [2.45, 2.75) is 45.1 Å². The molecule has 0 aliphatic heterocycles. The zero-order valence-electron chi connectivity index (χ0n) is 11.4. The van der Waals surface area contributed by atoms with Gasteiger partial charge in [0.15, 0.2) is 0 Å². The van der Waals surface area contributed by atoms with Crippen molar-refractivity contribution < 1.29 is 9.84 Å². The third-order valence-electron chi connectivity index (χ3n) is 4.28. The third-order valence-corrected chi connectivity index (χ3v) is 4.28. The summed E-state index contributed by atoms with van der Waals surface area (Å²) in [7, 11) is 1.68. The van der Waals surface area contributed by atoms with E-state index in [-0.39, 0.29) is 6.10 Å². The number of ether oxygens (including phenoxy) is 1. The molecule has 1 fully saturated rings. The van der Waals surface area contributed by atoms with Crippen LogP contribution in [-0.2, 0) is 6.42 Å². The maximum Gasteiger partial charge on any atom is 0.119 e. The SMILES string of the molecule is CCC1CCC(C(O)Cc2cccc(OC)c2)C1.